The predicted molar refractivity (Wildman–Crippen MR) is 109 cm³/mol. The molecule has 1 aromatic heterocycles. The average Bonchev–Trinajstić information content (AvgIpc) is 3.30. The van der Waals surface area contributed by atoms with Gasteiger partial charge in [-0.3, -0.25) is 14.4 Å². The van der Waals surface area contributed by atoms with E-state index in [1.54, 1.807) is 30.1 Å². The minimum Gasteiger partial charge on any atom is -0.356 e. The molecule has 3 amide bonds. The number of amides is 3. The lowest BCUT2D eigenvalue weighted by Crippen LogP contribution is -2.36. The quantitative estimate of drug-likeness (QED) is 0.677. The van der Waals surface area contributed by atoms with Gasteiger partial charge >= 0.3 is 0 Å². The molecule has 2 atom stereocenters. The molecule has 1 aromatic carbocycles. The maximum atomic E-state index is 12.7. The van der Waals surface area contributed by atoms with Crippen LogP contribution in [0.2, 0.25) is 5.02 Å². The minimum absolute atomic E-state index is 0.0617. The third kappa shape index (κ3) is 4.72. The number of rotatable bonds is 7. The summed E-state index contributed by atoms with van der Waals surface area (Å²) in [7, 11) is 1.71. The Labute approximate surface area is 172 Å². The van der Waals surface area contributed by atoms with E-state index < -0.39 is 5.92 Å². The Hall–Kier alpha value is -2.38. The SMILES string of the molecule is CN1C(=O)CC(C(=O)NCCCNC(=O)c2cccs2)C1c1cccc(Cl)c1. The van der Waals surface area contributed by atoms with Crippen LogP contribution in [0.15, 0.2) is 41.8 Å². The van der Waals surface area contributed by atoms with Crippen LogP contribution in [-0.4, -0.2) is 42.8 Å². The summed E-state index contributed by atoms with van der Waals surface area (Å²) in [5.74, 6) is -0.789. The van der Waals surface area contributed by atoms with Gasteiger partial charge in [-0.05, 0) is 35.6 Å². The molecule has 2 unspecified atom stereocenters. The molecule has 6 nitrogen and oxygen atoms in total. The van der Waals surface area contributed by atoms with E-state index >= 15 is 0 Å². The molecule has 1 aliphatic heterocycles. The van der Waals surface area contributed by atoms with Gasteiger partial charge in [0.15, 0.2) is 0 Å². The van der Waals surface area contributed by atoms with Crippen molar-refractivity contribution >= 4 is 40.7 Å². The van der Waals surface area contributed by atoms with Gasteiger partial charge in [0.25, 0.3) is 5.91 Å². The smallest absolute Gasteiger partial charge is 0.261 e. The number of benzene rings is 1. The second-order valence-corrected chi connectivity index (χ2v) is 8.08. The molecule has 0 spiro atoms. The van der Waals surface area contributed by atoms with Crippen LogP contribution < -0.4 is 10.6 Å². The molecule has 0 bridgehead atoms. The molecule has 1 aliphatic rings. The summed E-state index contributed by atoms with van der Waals surface area (Å²) in [4.78, 5) is 39.0. The summed E-state index contributed by atoms with van der Waals surface area (Å²) in [6.07, 6.45) is 0.788. The van der Waals surface area contributed by atoms with Crippen LogP contribution in [0.5, 0.6) is 0 Å². The van der Waals surface area contributed by atoms with Gasteiger partial charge in [0.1, 0.15) is 0 Å². The summed E-state index contributed by atoms with van der Waals surface area (Å²) in [5, 5.41) is 8.14. The van der Waals surface area contributed by atoms with Crippen molar-refractivity contribution in [1.82, 2.24) is 15.5 Å². The lowest BCUT2D eigenvalue weighted by atomic mass is 9.93. The fourth-order valence-electron chi connectivity index (χ4n) is 3.38. The van der Waals surface area contributed by atoms with Crippen LogP contribution in [-0.2, 0) is 9.59 Å². The summed E-state index contributed by atoms with van der Waals surface area (Å²) in [6.45, 7) is 0.901. The van der Waals surface area contributed by atoms with E-state index in [9.17, 15) is 14.4 Å². The van der Waals surface area contributed by atoms with E-state index in [-0.39, 0.29) is 30.2 Å². The zero-order chi connectivity index (χ0) is 20.1. The zero-order valence-electron chi connectivity index (χ0n) is 15.5. The Morgan fingerprint density at radius 3 is 2.71 bits per heavy atom. The zero-order valence-corrected chi connectivity index (χ0v) is 17.1. The van der Waals surface area contributed by atoms with Gasteiger partial charge in [-0.25, -0.2) is 0 Å². The average molecular weight is 420 g/mol. The van der Waals surface area contributed by atoms with Crippen molar-refractivity contribution in [3.63, 3.8) is 0 Å². The molecule has 28 heavy (non-hydrogen) atoms. The topological polar surface area (TPSA) is 78.5 Å². The van der Waals surface area contributed by atoms with Crippen molar-refractivity contribution < 1.29 is 14.4 Å². The van der Waals surface area contributed by atoms with Crippen molar-refractivity contribution in [3.05, 3.63) is 57.2 Å². The fraction of sp³-hybridized carbons (Fsp3) is 0.350. The Morgan fingerprint density at radius 1 is 1.21 bits per heavy atom. The first kappa shape index (κ1) is 20.4. The van der Waals surface area contributed by atoms with Crippen LogP contribution in [0.1, 0.15) is 34.1 Å². The third-order valence-corrected chi connectivity index (χ3v) is 5.90. The van der Waals surface area contributed by atoms with Gasteiger partial charge in [0.05, 0.1) is 16.8 Å². The maximum Gasteiger partial charge on any atom is 0.261 e. The van der Waals surface area contributed by atoms with E-state index in [4.69, 9.17) is 11.6 Å². The number of likely N-dealkylation sites (tertiary alicyclic amines) is 1. The number of thiophene rings is 1. The summed E-state index contributed by atoms with van der Waals surface area (Å²) in [5.41, 5.74) is 0.851. The van der Waals surface area contributed by atoms with Crippen molar-refractivity contribution in [3.8, 4) is 0 Å². The predicted octanol–water partition coefficient (Wildman–Crippen LogP) is 2.86. The molecule has 2 N–H and O–H groups in total. The summed E-state index contributed by atoms with van der Waals surface area (Å²) in [6, 6.07) is 10.5. The highest BCUT2D eigenvalue weighted by Gasteiger charge is 2.42. The first-order valence-corrected chi connectivity index (χ1v) is 10.3. The molecule has 0 saturated carbocycles. The highest BCUT2D eigenvalue weighted by Crippen LogP contribution is 2.37. The van der Waals surface area contributed by atoms with Crippen molar-refractivity contribution in [2.45, 2.75) is 18.9 Å². The molecule has 1 saturated heterocycles. The number of hydrogen-bond donors (Lipinski definition) is 2. The Morgan fingerprint density at radius 2 is 2.00 bits per heavy atom. The molecule has 8 heteroatoms. The lowest BCUT2D eigenvalue weighted by Gasteiger charge is -2.25. The van der Waals surface area contributed by atoms with Crippen LogP contribution in [0.3, 0.4) is 0 Å². The maximum absolute atomic E-state index is 12.7. The highest BCUT2D eigenvalue weighted by molar-refractivity contribution is 7.12. The van der Waals surface area contributed by atoms with Gasteiger partial charge in [-0.15, -0.1) is 11.3 Å². The third-order valence-electron chi connectivity index (χ3n) is 4.80. The van der Waals surface area contributed by atoms with Gasteiger partial charge < -0.3 is 15.5 Å². The number of nitrogens with one attached hydrogen (secondary N) is 2. The number of hydrogen-bond acceptors (Lipinski definition) is 4. The minimum atomic E-state index is -0.461. The number of carbonyl (C=O) groups excluding carboxylic acids is 3. The largest absolute Gasteiger partial charge is 0.356 e. The van der Waals surface area contributed by atoms with Crippen LogP contribution in [0, 0.1) is 5.92 Å². The van der Waals surface area contributed by atoms with E-state index in [2.05, 4.69) is 10.6 Å². The molecular weight excluding hydrogens is 398 g/mol. The molecule has 2 heterocycles. The second kappa shape index (κ2) is 9.21. The van der Waals surface area contributed by atoms with Crippen molar-refractivity contribution in [2.24, 2.45) is 5.92 Å². The molecule has 3 rings (SSSR count). The van der Waals surface area contributed by atoms with E-state index in [0.717, 1.165) is 5.56 Å². The molecular formula is C20H22ClN3O3S. The fourth-order valence-corrected chi connectivity index (χ4v) is 4.22. The normalized spacial score (nSPS) is 18.9. The number of carbonyl (C=O) groups is 3. The first-order valence-electron chi connectivity index (χ1n) is 9.08. The Balaban J connectivity index is 1.51. The van der Waals surface area contributed by atoms with Crippen LogP contribution in [0.4, 0.5) is 0 Å². The van der Waals surface area contributed by atoms with Crippen LogP contribution in [0.25, 0.3) is 0 Å². The van der Waals surface area contributed by atoms with E-state index in [1.807, 2.05) is 23.6 Å². The summed E-state index contributed by atoms with van der Waals surface area (Å²) >= 11 is 7.47. The van der Waals surface area contributed by atoms with Crippen molar-refractivity contribution in [2.75, 3.05) is 20.1 Å². The second-order valence-electron chi connectivity index (χ2n) is 6.69. The standard InChI is InChI=1S/C20H22ClN3O3S/c1-24-17(25)12-15(18(24)13-5-2-6-14(21)11-13)19(26)22-8-4-9-23-20(27)16-7-3-10-28-16/h2-3,5-7,10-11,15,18H,4,8-9,12H2,1H3,(H,22,26)(H,23,27). The number of halogens is 1. The van der Waals surface area contributed by atoms with E-state index in [0.29, 0.717) is 29.4 Å². The summed E-state index contributed by atoms with van der Waals surface area (Å²) < 4.78 is 0. The molecule has 1 fully saturated rings. The first-order chi connectivity index (χ1) is 13.5. The van der Waals surface area contributed by atoms with E-state index in [1.165, 1.54) is 11.3 Å². The van der Waals surface area contributed by atoms with Gasteiger partial charge in [-0.2, -0.15) is 0 Å². The van der Waals surface area contributed by atoms with Gasteiger partial charge in [0.2, 0.25) is 11.8 Å². The lowest BCUT2D eigenvalue weighted by molar-refractivity contribution is -0.128. The number of nitrogens with zero attached hydrogens (tertiary/aromatic N) is 1. The Bertz CT molecular complexity index is 856. The van der Waals surface area contributed by atoms with Crippen LogP contribution >= 0.6 is 22.9 Å². The van der Waals surface area contributed by atoms with Gasteiger partial charge in [0, 0.05) is 31.6 Å². The highest BCUT2D eigenvalue weighted by atomic mass is 35.5. The molecule has 0 radical (unpaired) electrons. The molecule has 2 aromatic rings. The molecule has 148 valence electrons. The van der Waals surface area contributed by atoms with Gasteiger partial charge in [-0.1, -0.05) is 29.8 Å². The molecule has 0 aliphatic carbocycles. The van der Waals surface area contributed by atoms with Crippen molar-refractivity contribution in [1.29, 1.82) is 0 Å². The Kier molecular flexibility index (Phi) is 6.70. The monoisotopic (exact) mass is 419 g/mol.